The van der Waals surface area contributed by atoms with Crippen molar-refractivity contribution in [2.24, 2.45) is 7.05 Å². The molecular weight excluding hydrogens is 395 g/mol. The molecule has 4 rings (SSSR count). The van der Waals surface area contributed by atoms with Crippen molar-refractivity contribution in [3.63, 3.8) is 0 Å². The molecule has 2 aromatic heterocycles. The van der Waals surface area contributed by atoms with E-state index in [2.05, 4.69) is 10.00 Å². The monoisotopic (exact) mass is 413 g/mol. The molecule has 1 saturated heterocycles. The van der Waals surface area contributed by atoms with E-state index in [1.54, 1.807) is 11.3 Å². The summed E-state index contributed by atoms with van der Waals surface area (Å²) >= 11 is 6.82. The summed E-state index contributed by atoms with van der Waals surface area (Å²) in [6.45, 7) is 1.00. The third-order valence-corrected chi connectivity index (χ3v) is 6.44. The first-order valence-electron chi connectivity index (χ1n) is 8.65. The number of hydrogen-bond donors (Lipinski definition) is 0. The second kappa shape index (κ2) is 6.99. The van der Waals surface area contributed by atoms with Crippen LogP contribution in [0.25, 0.3) is 10.2 Å². The summed E-state index contributed by atoms with van der Waals surface area (Å²) < 4.78 is 42.7. The Kier molecular flexibility index (Phi) is 4.81. The zero-order chi connectivity index (χ0) is 19.2. The first-order chi connectivity index (χ1) is 12.8. The van der Waals surface area contributed by atoms with Gasteiger partial charge in [-0.15, -0.1) is 16.4 Å². The Bertz CT molecular complexity index is 987. The number of benzene rings is 1. The van der Waals surface area contributed by atoms with Crippen LogP contribution in [0.5, 0.6) is 0 Å². The largest absolute Gasteiger partial charge is 0.451 e. The molecule has 3 aromatic rings. The average molecular weight is 413 g/mol. The number of halogens is 3. The minimum absolute atomic E-state index is 0.0643. The summed E-state index contributed by atoms with van der Waals surface area (Å²) in [6.07, 6.45) is -1.54. The van der Waals surface area contributed by atoms with E-state index in [0.717, 1.165) is 45.6 Å². The SMILES string of the molecule is Cn1c(C(F)(F)F)nn(CN2CCCC[C@@H]2c2nc3ccccc3s2)c1=S. The quantitative estimate of drug-likeness (QED) is 0.580. The molecule has 1 aromatic carbocycles. The summed E-state index contributed by atoms with van der Waals surface area (Å²) in [5.74, 6) is -0.971. The van der Waals surface area contributed by atoms with Crippen molar-refractivity contribution in [3.05, 3.63) is 39.9 Å². The minimum atomic E-state index is -4.53. The van der Waals surface area contributed by atoms with Gasteiger partial charge in [0.25, 0.3) is 0 Å². The molecule has 5 nitrogen and oxygen atoms in total. The van der Waals surface area contributed by atoms with Gasteiger partial charge in [-0.1, -0.05) is 18.6 Å². The van der Waals surface area contributed by atoms with Crippen LogP contribution in [0, 0.1) is 4.77 Å². The Labute approximate surface area is 163 Å². The standard InChI is InChI=1S/C17H18F3N5S2/c1-23-15(17(18,19)20)22-25(16(23)26)10-24-9-5-4-7-12(24)14-21-11-6-2-3-8-13(11)27-14/h2-3,6,8,12H,4-5,7,9-10H2,1H3/t12-/m1/s1. The van der Waals surface area contributed by atoms with Crippen LogP contribution in [0.3, 0.4) is 0 Å². The summed E-state index contributed by atoms with van der Waals surface area (Å²) in [6, 6.07) is 8.01. The lowest BCUT2D eigenvalue weighted by molar-refractivity contribution is -0.147. The van der Waals surface area contributed by atoms with Crippen molar-refractivity contribution in [2.75, 3.05) is 6.54 Å². The van der Waals surface area contributed by atoms with Crippen molar-refractivity contribution in [1.82, 2.24) is 24.2 Å². The summed E-state index contributed by atoms with van der Waals surface area (Å²) in [5.41, 5.74) is 0.955. The van der Waals surface area contributed by atoms with E-state index in [4.69, 9.17) is 17.2 Å². The highest BCUT2D eigenvalue weighted by molar-refractivity contribution is 7.71. The van der Waals surface area contributed by atoms with E-state index in [1.165, 1.54) is 11.7 Å². The lowest BCUT2D eigenvalue weighted by atomic mass is 10.0. The molecule has 1 atom stereocenters. The van der Waals surface area contributed by atoms with Gasteiger partial charge in [0.2, 0.25) is 5.82 Å². The van der Waals surface area contributed by atoms with Crippen LogP contribution in [0.15, 0.2) is 24.3 Å². The van der Waals surface area contributed by atoms with Crippen LogP contribution in [0.4, 0.5) is 13.2 Å². The van der Waals surface area contributed by atoms with Gasteiger partial charge in [-0.3, -0.25) is 9.47 Å². The van der Waals surface area contributed by atoms with Gasteiger partial charge in [0.1, 0.15) is 5.01 Å². The molecule has 0 N–H and O–H groups in total. The smallest absolute Gasteiger partial charge is 0.299 e. The van der Waals surface area contributed by atoms with Gasteiger partial charge in [-0.25, -0.2) is 9.67 Å². The normalized spacial score (nSPS) is 19.0. The number of alkyl halides is 3. The molecule has 1 aliphatic rings. The highest BCUT2D eigenvalue weighted by Gasteiger charge is 2.38. The average Bonchev–Trinajstić information content (AvgIpc) is 3.18. The van der Waals surface area contributed by atoms with Crippen LogP contribution in [-0.4, -0.2) is 30.8 Å². The molecule has 0 saturated carbocycles. The van der Waals surface area contributed by atoms with E-state index in [1.807, 2.05) is 24.3 Å². The summed E-state index contributed by atoms with van der Waals surface area (Å²) in [7, 11) is 1.30. The molecule has 0 spiro atoms. The van der Waals surface area contributed by atoms with Crippen LogP contribution >= 0.6 is 23.6 Å². The van der Waals surface area contributed by atoms with Gasteiger partial charge in [-0.05, 0) is 37.2 Å². The van der Waals surface area contributed by atoms with Crippen molar-refractivity contribution >= 4 is 33.8 Å². The topological polar surface area (TPSA) is 38.9 Å². The van der Waals surface area contributed by atoms with Crippen LogP contribution in [0.2, 0.25) is 0 Å². The Hall–Kier alpha value is -1.78. The second-order valence-corrected chi connectivity index (χ2v) is 8.08. The molecule has 1 aliphatic heterocycles. The van der Waals surface area contributed by atoms with E-state index in [-0.39, 0.29) is 17.5 Å². The number of thiazole rings is 1. The van der Waals surface area contributed by atoms with E-state index >= 15 is 0 Å². The number of hydrogen-bond acceptors (Lipinski definition) is 5. The number of piperidine rings is 1. The van der Waals surface area contributed by atoms with Crippen molar-refractivity contribution in [2.45, 2.75) is 38.1 Å². The van der Waals surface area contributed by atoms with Crippen LogP contribution in [0.1, 0.15) is 36.1 Å². The highest BCUT2D eigenvalue weighted by atomic mass is 32.1. The van der Waals surface area contributed by atoms with E-state index in [0.29, 0.717) is 0 Å². The number of para-hydroxylation sites is 1. The third-order valence-electron chi connectivity index (χ3n) is 4.82. The molecule has 0 radical (unpaired) electrons. The highest BCUT2D eigenvalue weighted by Crippen LogP contribution is 2.36. The molecule has 3 heterocycles. The molecule has 1 fully saturated rings. The molecular formula is C17H18F3N5S2. The molecule has 0 bridgehead atoms. The maximum Gasteiger partial charge on any atom is 0.451 e. The fraction of sp³-hybridized carbons (Fsp3) is 0.471. The molecule has 0 unspecified atom stereocenters. The first-order valence-corrected chi connectivity index (χ1v) is 9.87. The summed E-state index contributed by atoms with van der Waals surface area (Å²) in [5, 5.41) is 4.73. The number of likely N-dealkylation sites (tertiary alicyclic amines) is 1. The predicted octanol–water partition coefficient (Wildman–Crippen LogP) is 4.76. The Balaban J connectivity index is 1.65. The zero-order valence-corrected chi connectivity index (χ0v) is 16.2. The van der Waals surface area contributed by atoms with Crippen LogP contribution in [-0.2, 0) is 19.9 Å². The van der Waals surface area contributed by atoms with Gasteiger partial charge < -0.3 is 0 Å². The van der Waals surface area contributed by atoms with Crippen LogP contribution < -0.4 is 0 Å². The second-order valence-electron chi connectivity index (χ2n) is 6.65. The van der Waals surface area contributed by atoms with Gasteiger partial charge in [0.05, 0.1) is 22.9 Å². The number of fused-ring (bicyclic) bond motifs is 1. The maximum atomic E-state index is 13.1. The molecule has 27 heavy (non-hydrogen) atoms. The van der Waals surface area contributed by atoms with E-state index < -0.39 is 12.0 Å². The van der Waals surface area contributed by atoms with Gasteiger partial charge in [0.15, 0.2) is 4.77 Å². The van der Waals surface area contributed by atoms with Crippen molar-refractivity contribution < 1.29 is 13.2 Å². The Morgan fingerprint density at radius 1 is 1.26 bits per heavy atom. The van der Waals surface area contributed by atoms with Gasteiger partial charge >= 0.3 is 6.18 Å². The minimum Gasteiger partial charge on any atom is -0.299 e. The van der Waals surface area contributed by atoms with Crippen molar-refractivity contribution in [1.29, 1.82) is 0 Å². The van der Waals surface area contributed by atoms with Gasteiger partial charge in [-0.2, -0.15) is 13.2 Å². The number of rotatable bonds is 3. The Morgan fingerprint density at radius 2 is 2.04 bits per heavy atom. The molecule has 0 amide bonds. The number of nitrogens with zero attached hydrogens (tertiary/aromatic N) is 5. The lowest BCUT2D eigenvalue weighted by Crippen LogP contribution is -2.35. The van der Waals surface area contributed by atoms with E-state index in [9.17, 15) is 13.2 Å². The third kappa shape index (κ3) is 3.53. The fourth-order valence-corrected chi connectivity index (χ4v) is 4.79. The van der Waals surface area contributed by atoms with Crippen molar-refractivity contribution in [3.8, 4) is 0 Å². The molecule has 10 heteroatoms. The Morgan fingerprint density at radius 3 is 2.74 bits per heavy atom. The maximum absolute atomic E-state index is 13.1. The zero-order valence-electron chi connectivity index (χ0n) is 14.6. The lowest BCUT2D eigenvalue weighted by Gasteiger charge is -2.34. The summed E-state index contributed by atoms with van der Waals surface area (Å²) in [4.78, 5) is 6.88. The fourth-order valence-electron chi connectivity index (χ4n) is 3.47. The first kappa shape index (κ1) is 18.6. The molecule has 144 valence electrons. The van der Waals surface area contributed by atoms with Gasteiger partial charge in [0, 0.05) is 13.6 Å². The number of aromatic nitrogens is 4. The molecule has 0 aliphatic carbocycles. The predicted molar refractivity (Wildman–Crippen MR) is 100.0 cm³/mol.